The molecule has 0 radical (unpaired) electrons. The van der Waals surface area contributed by atoms with E-state index in [1.54, 1.807) is 30.2 Å². The van der Waals surface area contributed by atoms with Crippen molar-refractivity contribution in [3.8, 4) is 22.8 Å². The zero-order valence-corrected chi connectivity index (χ0v) is 18.4. The van der Waals surface area contributed by atoms with Crippen molar-refractivity contribution >= 4 is 17.6 Å². The van der Waals surface area contributed by atoms with E-state index in [1.165, 1.54) is 0 Å². The topological polar surface area (TPSA) is 91.1 Å². The van der Waals surface area contributed by atoms with Crippen molar-refractivity contribution in [2.24, 2.45) is 5.92 Å². The Morgan fingerprint density at radius 2 is 2.06 bits per heavy atom. The first-order valence-corrected chi connectivity index (χ1v) is 10.9. The quantitative estimate of drug-likeness (QED) is 0.530. The summed E-state index contributed by atoms with van der Waals surface area (Å²) in [6.07, 6.45) is 1.13. The smallest absolute Gasteiger partial charge is 0.311 e. The summed E-state index contributed by atoms with van der Waals surface area (Å²) in [6.45, 7) is 2.29. The van der Waals surface area contributed by atoms with Crippen molar-refractivity contribution in [1.29, 1.82) is 0 Å². The van der Waals surface area contributed by atoms with Crippen LogP contribution in [0.2, 0.25) is 0 Å². The van der Waals surface area contributed by atoms with Gasteiger partial charge in [-0.25, -0.2) is 0 Å². The number of hydrogen-bond donors (Lipinski definition) is 0. The van der Waals surface area contributed by atoms with Crippen molar-refractivity contribution in [2.45, 2.75) is 32.5 Å². The second kappa shape index (κ2) is 8.61. The van der Waals surface area contributed by atoms with E-state index in [1.807, 2.05) is 37.3 Å². The Hall–Kier alpha value is -3.81. The van der Waals surface area contributed by atoms with E-state index in [2.05, 4.69) is 5.16 Å². The van der Waals surface area contributed by atoms with Crippen LogP contribution in [0.5, 0.6) is 11.5 Å². The number of amides is 1. The fourth-order valence-electron chi connectivity index (χ4n) is 4.25. The van der Waals surface area contributed by atoms with Crippen LogP contribution in [0, 0.1) is 5.92 Å². The van der Waals surface area contributed by atoms with Crippen LogP contribution >= 0.6 is 0 Å². The maximum absolute atomic E-state index is 12.6. The molecule has 33 heavy (non-hydrogen) atoms. The van der Waals surface area contributed by atoms with E-state index in [-0.39, 0.29) is 31.6 Å². The molecule has 0 N–H and O–H groups in total. The molecule has 2 aromatic carbocycles. The molecule has 3 aromatic rings. The van der Waals surface area contributed by atoms with Crippen molar-refractivity contribution in [3.05, 3.63) is 59.8 Å². The summed E-state index contributed by atoms with van der Waals surface area (Å²) < 4.78 is 21.8. The second-order valence-electron chi connectivity index (χ2n) is 8.35. The Morgan fingerprint density at radius 3 is 2.91 bits per heavy atom. The van der Waals surface area contributed by atoms with Crippen molar-refractivity contribution in [2.75, 3.05) is 18.6 Å². The molecule has 1 fully saturated rings. The van der Waals surface area contributed by atoms with Gasteiger partial charge in [-0.1, -0.05) is 11.2 Å². The molecule has 2 aliphatic rings. The fraction of sp³-hybridized carbons (Fsp3) is 0.320. The molecule has 170 valence electrons. The number of carbonyl (C=O) groups is 2. The highest BCUT2D eigenvalue weighted by Crippen LogP contribution is 2.33. The predicted octanol–water partition coefficient (Wildman–Crippen LogP) is 3.77. The molecule has 1 saturated heterocycles. The molecule has 0 spiro atoms. The van der Waals surface area contributed by atoms with Gasteiger partial charge in [0.05, 0.1) is 13.0 Å². The minimum absolute atomic E-state index is 0.0166. The molecule has 0 aliphatic carbocycles. The fourth-order valence-corrected chi connectivity index (χ4v) is 4.25. The van der Waals surface area contributed by atoms with Gasteiger partial charge in [-0.05, 0) is 42.8 Å². The molecule has 0 saturated carbocycles. The highest BCUT2D eigenvalue weighted by Gasteiger charge is 2.36. The van der Waals surface area contributed by atoms with Gasteiger partial charge in [-0.2, -0.15) is 0 Å². The molecule has 1 aromatic heterocycles. The molecule has 5 rings (SSSR count). The molecule has 1 amide bonds. The zero-order valence-electron chi connectivity index (χ0n) is 18.4. The van der Waals surface area contributed by atoms with Crippen LogP contribution in [0.1, 0.15) is 24.6 Å². The summed E-state index contributed by atoms with van der Waals surface area (Å²) >= 11 is 0. The molecule has 8 nitrogen and oxygen atoms in total. The minimum Gasteiger partial charge on any atom is -0.497 e. The van der Waals surface area contributed by atoms with Crippen LogP contribution in [0.15, 0.2) is 53.1 Å². The molecular formula is C25H24N2O6. The van der Waals surface area contributed by atoms with E-state index in [0.717, 1.165) is 23.3 Å². The number of fused-ring (bicyclic) bond motifs is 1. The number of nitrogens with zero attached hydrogens (tertiary/aromatic N) is 2. The molecule has 0 bridgehead atoms. The van der Waals surface area contributed by atoms with Gasteiger partial charge in [0, 0.05) is 42.8 Å². The van der Waals surface area contributed by atoms with Gasteiger partial charge in [0.2, 0.25) is 5.91 Å². The number of methoxy groups -OCH3 is 1. The van der Waals surface area contributed by atoms with Crippen LogP contribution in [-0.4, -0.2) is 36.8 Å². The zero-order chi connectivity index (χ0) is 22.9. The molecule has 2 atom stereocenters. The third-order valence-corrected chi connectivity index (χ3v) is 5.93. The lowest BCUT2D eigenvalue weighted by Crippen LogP contribution is -2.26. The first-order valence-electron chi connectivity index (χ1n) is 10.9. The van der Waals surface area contributed by atoms with Crippen LogP contribution < -0.4 is 14.4 Å². The van der Waals surface area contributed by atoms with Crippen LogP contribution in [0.4, 0.5) is 5.69 Å². The molecule has 2 unspecified atom stereocenters. The molecular weight excluding hydrogens is 424 g/mol. The predicted molar refractivity (Wildman–Crippen MR) is 119 cm³/mol. The Bertz CT molecular complexity index is 1200. The first kappa shape index (κ1) is 21.1. The first-order chi connectivity index (χ1) is 16.0. The van der Waals surface area contributed by atoms with Gasteiger partial charge in [-0.15, -0.1) is 0 Å². The monoisotopic (exact) mass is 448 g/mol. The van der Waals surface area contributed by atoms with E-state index >= 15 is 0 Å². The van der Waals surface area contributed by atoms with Gasteiger partial charge in [0.15, 0.2) is 5.76 Å². The average molecular weight is 448 g/mol. The van der Waals surface area contributed by atoms with Crippen LogP contribution in [0.25, 0.3) is 11.3 Å². The van der Waals surface area contributed by atoms with Gasteiger partial charge >= 0.3 is 5.97 Å². The number of carbonyl (C=O) groups excluding carboxylic acids is 2. The summed E-state index contributed by atoms with van der Waals surface area (Å²) in [6, 6.07) is 14.9. The van der Waals surface area contributed by atoms with Crippen molar-refractivity contribution in [1.82, 2.24) is 5.16 Å². The second-order valence-corrected chi connectivity index (χ2v) is 8.35. The van der Waals surface area contributed by atoms with E-state index in [4.69, 9.17) is 18.7 Å². The van der Waals surface area contributed by atoms with Gasteiger partial charge < -0.3 is 23.6 Å². The van der Waals surface area contributed by atoms with E-state index in [9.17, 15) is 9.59 Å². The molecule has 8 heteroatoms. The van der Waals surface area contributed by atoms with Crippen LogP contribution in [-0.2, 0) is 27.4 Å². The van der Waals surface area contributed by atoms with Crippen molar-refractivity contribution in [3.63, 3.8) is 0 Å². The lowest BCUT2D eigenvalue weighted by molar-refractivity contribution is -0.149. The number of aromatic nitrogens is 1. The van der Waals surface area contributed by atoms with Gasteiger partial charge in [-0.3, -0.25) is 9.59 Å². The maximum atomic E-state index is 12.6. The summed E-state index contributed by atoms with van der Waals surface area (Å²) in [7, 11) is 1.57. The average Bonchev–Trinajstić information content (AvgIpc) is 3.54. The number of esters is 1. The molecule has 2 aliphatic heterocycles. The lowest BCUT2D eigenvalue weighted by Gasteiger charge is -2.17. The van der Waals surface area contributed by atoms with Gasteiger partial charge in [0.1, 0.15) is 29.9 Å². The highest BCUT2D eigenvalue weighted by atomic mass is 16.5. The summed E-state index contributed by atoms with van der Waals surface area (Å²) in [4.78, 5) is 26.7. The lowest BCUT2D eigenvalue weighted by atomic mass is 10.1. The maximum Gasteiger partial charge on any atom is 0.311 e. The van der Waals surface area contributed by atoms with E-state index < -0.39 is 11.9 Å². The number of anilines is 1. The summed E-state index contributed by atoms with van der Waals surface area (Å²) in [5.41, 5.74) is 3.24. The number of ether oxygens (including phenoxy) is 3. The SMILES string of the molecule is COc1cccc(N2CC(C(=O)OCc3cc(-c4ccc5c(c4)CC(C)O5)on3)CC2=O)c1. The van der Waals surface area contributed by atoms with Crippen molar-refractivity contribution < 1.29 is 28.3 Å². The van der Waals surface area contributed by atoms with E-state index in [0.29, 0.717) is 22.9 Å². The number of benzene rings is 2. The number of rotatable bonds is 6. The Labute approximate surface area is 191 Å². The minimum atomic E-state index is -0.534. The third kappa shape index (κ3) is 4.28. The molecule has 3 heterocycles. The normalized spacial score (nSPS) is 19.3. The Balaban J connectivity index is 1.19. The Kier molecular flexibility index (Phi) is 5.50. The standard InChI is InChI=1S/C25H24N2O6/c1-15-8-17-9-16(6-7-22(17)32-15)23-11-19(26-33-23)14-31-25(29)18-10-24(28)27(13-18)20-4-3-5-21(12-20)30-2/h3-7,9,11-12,15,18H,8,10,13-14H2,1-2H3. The van der Waals surface area contributed by atoms with Crippen LogP contribution in [0.3, 0.4) is 0 Å². The van der Waals surface area contributed by atoms with Gasteiger partial charge in [0.25, 0.3) is 0 Å². The number of hydrogen-bond acceptors (Lipinski definition) is 7. The Morgan fingerprint density at radius 1 is 1.18 bits per heavy atom. The largest absolute Gasteiger partial charge is 0.497 e. The summed E-state index contributed by atoms with van der Waals surface area (Å²) in [5.74, 6) is 1.07. The third-order valence-electron chi connectivity index (χ3n) is 5.93. The summed E-state index contributed by atoms with van der Waals surface area (Å²) in [5, 5.41) is 4.02. The highest BCUT2D eigenvalue weighted by molar-refractivity contribution is 5.99.